The zero-order valence-electron chi connectivity index (χ0n) is 20.0. The molecule has 10 heteroatoms. The summed E-state index contributed by atoms with van der Waals surface area (Å²) in [6.45, 7) is 5.66. The Hall–Kier alpha value is -3.47. The summed E-state index contributed by atoms with van der Waals surface area (Å²) in [6.07, 6.45) is 1.58. The number of sulfonamides is 1. The van der Waals surface area contributed by atoms with Gasteiger partial charge >= 0.3 is 0 Å². The zero-order valence-corrected chi connectivity index (χ0v) is 20.8. The van der Waals surface area contributed by atoms with Crippen molar-refractivity contribution in [2.24, 2.45) is 0 Å². The molecule has 0 bridgehead atoms. The second-order valence-corrected chi connectivity index (χ2v) is 9.78. The molecule has 4 rings (SSSR count). The van der Waals surface area contributed by atoms with Crippen LogP contribution in [0.4, 0.5) is 5.88 Å². The molecule has 0 amide bonds. The maximum Gasteiger partial charge on any atom is 0.269 e. The van der Waals surface area contributed by atoms with Gasteiger partial charge in [-0.1, -0.05) is 35.5 Å². The number of aryl methyl sites for hydroxylation is 2. The summed E-state index contributed by atoms with van der Waals surface area (Å²) in [7, 11) is -2.54. The van der Waals surface area contributed by atoms with E-state index in [0.29, 0.717) is 29.3 Å². The lowest BCUT2D eigenvalue weighted by atomic mass is 10.0. The van der Waals surface area contributed by atoms with Crippen molar-refractivity contribution >= 4 is 15.9 Å². The molecule has 0 aliphatic rings. The number of oxazole rings is 1. The van der Waals surface area contributed by atoms with Gasteiger partial charge in [0, 0.05) is 23.8 Å². The van der Waals surface area contributed by atoms with Crippen LogP contribution in [-0.2, 0) is 19.5 Å². The first kappa shape index (κ1) is 24.6. The van der Waals surface area contributed by atoms with Crippen LogP contribution in [0, 0.1) is 20.8 Å². The van der Waals surface area contributed by atoms with Gasteiger partial charge in [0.15, 0.2) is 0 Å². The Morgan fingerprint density at radius 1 is 0.971 bits per heavy atom. The van der Waals surface area contributed by atoms with Gasteiger partial charge in [-0.25, -0.2) is 17.7 Å². The van der Waals surface area contributed by atoms with Gasteiger partial charge in [-0.3, -0.25) is 0 Å². The molecule has 0 fully saturated rings. The van der Waals surface area contributed by atoms with E-state index >= 15 is 0 Å². The van der Waals surface area contributed by atoms with Gasteiger partial charge in [-0.15, -0.1) is 0 Å². The molecule has 0 atom stereocenters. The highest BCUT2D eigenvalue weighted by Crippen LogP contribution is 2.34. The van der Waals surface area contributed by atoms with Crippen molar-refractivity contribution in [3.63, 3.8) is 0 Å². The van der Waals surface area contributed by atoms with Gasteiger partial charge in [0.05, 0.1) is 29.5 Å². The fraction of sp³-hybridized carbons (Fsp3) is 0.280. The number of methoxy groups -OCH3 is 1. The Bertz CT molecular complexity index is 1390. The number of rotatable bonds is 10. The van der Waals surface area contributed by atoms with Gasteiger partial charge in [0.25, 0.3) is 10.0 Å². The molecule has 9 nitrogen and oxygen atoms in total. The minimum absolute atomic E-state index is 0.114. The van der Waals surface area contributed by atoms with E-state index in [0.717, 1.165) is 21.1 Å². The van der Waals surface area contributed by atoms with Gasteiger partial charge in [-0.05, 0) is 44.5 Å². The smallest absolute Gasteiger partial charge is 0.269 e. The van der Waals surface area contributed by atoms with Crippen molar-refractivity contribution in [2.75, 3.05) is 31.4 Å². The second-order valence-electron chi connectivity index (χ2n) is 7.95. The van der Waals surface area contributed by atoms with Crippen LogP contribution in [0.5, 0.6) is 0 Å². The maximum atomic E-state index is 13.9. The maximum absolute atomic E-state index is 13.9. The predicted molar refractivity (Wildman–Crippen MR) is 130 cm³/mol. The van der Waals surface area contributed by atoms with E-state index < -0.39 is 10.0 Å². The van der Waals surface area contributed by atoms with Crippen LogP contribution in [0.25, 0.3) is 22.6 Å². The molecule has 2 aromatic heterocycles. The van der Waals surface area contributed by atoms with Crippen LogP contribution in [0.15, 0.2) is 68.6 Å². The van der Waals surface area contributed by atoms with Crippen molar-refractivity contribution in [1.82, 2.24) is 10.1 Å². The lowest BCUT2D eigenvalue weighted by molar-refractivity contribution is 0.0744. The van der Waals surface area contributed by atoms with Crippen molar-refractivity contribution in [1.29, 1.82) is 0 Å². The first-order valence-electron chi connectivity index (χ1n) is 11.0. The average Bonchev–Trinajstić information content (AvgIpc) is 3.44. The molecule has 0 aliphatic heterocycles. The second kappa shape index (κ2) is 10.4. The monoisotopic (exact) mass is 497 g/mol. The molecule has 0 radical (unpaired) electrons. The summed E-state index contributed by atoms with van der Waals surface area (Å²) in [5.41, 5.74) is 4.06. The third-order valence-corrected chi connectivity index (χ3v) is 7.28. The van der Waals surface area contributed by atoms with Crippen molar-refractivity contribution < 1.29 is 26.8 Å². The lowest BCUT2D eigenvalue weighted by Gasteiger charge is -2.23. The highest BCUT2D eigenvalue weighted by molar-refractivity contribution is 7.93. The third-order valence-electron chi connectivity index (χ3n) is 5.52. The van der Waals surface area contributed by atoms with Crippen LogP contribution < -0.4 is 4.31 Å². The molecule has 0 saturated carbocycles. The van der Waals surface area contributed by atoms with E-state index in [9.17, 15) is 8.42 Å². The number of benzene rings is 2. The minimum atomic E-state index is -4.09. The molecule has 4 aromatic rings. The lowest BCUT2D eigenvalue weighted by Crippen LogP contribution is -2.34. The number of ether oxygens (including phenoxy) is 2. The molecule has 184 valence electrons. The largest absolute Gasteiger partial charge is 0.444 e. The fourth-order valence-corrected chi connectivity index (χ4v) is 5.04. The molecule has 35 heavy (non-hydrogen) atoms. The SMILES string of the molecule is COCCOCN(c1onc(C)c1C)S(=O)(=O)c1ccccc1-c1ccc(-c2nc(C)co2)cc1. The summed E-state index contributed by atoms with van der Waals surface area (Å²) in [5.74, 6) is 0.620. The van der Waals surface area contributed by atoms with Crippen LogP contribution >= 0.6 is 0 Å². The Balaban J connectivity index is 1.73. The summed E-state index contributed by atoms with van der Waals surface area (Å²) in [4.78, 5) is 4.45. The number of hydrogen-bond donors (Lipinski definition) is 0. The van der Waals surface area contributed by atoms with Crippen LogP contribution in [0.1, 0.15) is 17.0 Å². The topological polar surface area (TPSA) is 108 Å². The van der Waals surface area contributed by atoms with Gasteiger partial charge in [0.2, 0.25) is 11.8 Å². The van der Waals surface area contributed by atoms with E-state index in [1.165, 1.54) is 0 Å². The quantitative estimate of drug-likeness (QED) is 0.228. The number of nitrogens with zero attached hydrogens (tertiary/aromatic N) is 3. The number of anilines is 1. The Labute approximate surface area is 204 Å². The summed E-state index contributed by atoms with van der Waals surface area (Å²) in [6, 6.07) is 14.2. The standard InChI is InChI=1S/C25H27N3O6S/c1-17-15-33-24(26-17)21-11-9-20(10-12-21)22-7-5-6-8-23(22)35(29,30)28(16-32-14-13-31-4)25-18(2)19(3)27-34-25/h5-12,15H,13-14,16H2,1-4H3. The van der Waals surface area contributed by atoms with E-state index in [-0.39, 0.29) is 24.1 Å². The molecular formula is C25H27N3O6S. The molecule has 0 spiro atoms. The predicted octanol–water partition coefficient (Wildman–Crippen LogP) is 4.74. The summed E-state index contributed by atoms with van der Waals surface area (Å²) >= 11 is 0. The number of aromatic nitrogens is 2. The molecule has 0 saturated heterocycles. The Morgan fingerprint density at radius 2 is 1.69 bits per heavy atom. The van der Waals surface area contributed by atoms with Gasteiger partial charge < -0.3 is 18.4 Å². The summed E-state index contributed by atoms with van der Waals surface area (Å²) in [5, 5.41) is 3.93. The Kier molecular flexibility index (Phi) is 7.34. The van der Waals surface area contributed by atoms with E-state index in [2.05, 4.69) is 10.1 Å². The number of hydrogen-bond acceptors (Lipinski definition) is 8. The van der Waals surface area contributed by atoms with Crippen LogP contribution in [-0.4, -0.2) is 45.6 Å². The highest BCUT2D eigenvalue weighted by Gasteiger charge is 2.32. The third kappa shape index (κ3) is 5.14. The van der Waals surface area contributed by atoms with Crippen molar-refractivity contribution in [2.45, 2.75) is 25.7 Å². The van der Waals surface area contributed by atoms with Gasteiger partial charge in [-0.2, -0.15) is 0 Å². The molecule has 0 N–H and O–H groups in total. The van der Waals surface area contributed by atoms with E-state index in [4.69, 9.17) is 18.4 Å². The molecule has 2 aromatic carbocycles. The van der Waals surface area contributed by atoms with E-state index in [1.807, 2.05) is 31.2 Å². The molecule has 0 unspecified atom stereocenters. The first-order valence-corrected chi connectivity index (χ1v) is 12.4. The first-order chi connectivity index (χ1) is 16.8. The van der Waals surface area contributed by atoms with E-state index in [1.54, 1.807) is 51.5 Å². The van der Waals surface area contributed by atoms with Crippen LogP contribution in [0.2, 0.25) is 0 Å². The molecule has 2 heterocycles. The molecule has 0 aliphatic carbocycles. The zero-order chi connectivity index (χ0) is 25.0. The van der Waals surface area contributed by atoms with Gasteiger partial charge in [0.1, 0.15) is 13.0 Å². The summed E-state index contributed by atoms with van der Waals surface area (Å²) < 4.78 is 50.5. The normalized spacial score (nSPS) is 11.7. The van der Waals surface area contributed by atoms with Crippen molar-refractivity contribution in [3.05, 3.63) is 71.7 Å². The molecular weight excluding hydrogens is 470 g/mol. The fourth-order valence-electron chi connectivity index (χ4n) is 3.49. The van der Waals surface area contributed by atoms with Crippen LogP contribution in [0.3, 0.4) is 0 Å². The average molecular weight is 498 g/mol. The minimum Gasteiger partial charge on any atom is -0.444 e. The highest BCUT2D eigenvalue weighted by atomic mass is 32.2. The Morgan fingerprint density at radius 3 is 2.31 bits per heavy atom. The van der Waals surface area contributed by atoms with Crippen molar-refractivity contribution in [3.8, 4) is 22.6 Å².